The summed E-state index contributed by atoms with van der Waals surface area (Å²) < 4.78 is 5.04. The maximum atomic E-state index is 12.4. The zero-order valence-electron chi connectivity index (χ0n) is 17.2. The normalized spacial score (nSPS) is 23.4. The van der Waals surface area contributed by atoms with Gasteiger partial charge in [-0.05, 0) is 30.5 Å². The minimum atomic E-state index is -0.655. The number of amides is 1. The molecule has 30 heavy (non-hydrogen) atoms. The molecule has 1 aromatic heterocycles. The summed E-state index contributed by atoms with van der Waals surface area (Å²) in [4.78, 5) is 30.9. The predicted molar refractivity (Wildman–Crippen MR) is 112 cm³/mol. The van der Waals surface area contributed by atoms with Crippen molar-refractivity contribution >= 4 is 11.7 Å². The lowest BCUT2D eigenvalue weighted by molar-refractivity contribution is -0.131. The van der Waals surface area contributed by atoms with Gasteiger partial charge in [-0.25, -0.2) is 0 Å². The Morgan fingerprint density at radius 1 is 1.00 bits per heavy atom. The van der Waals surface area contributed by atoms with Crippen LogP contribution in [0, 0.1) is 0 Å². The second-order valence-corrected chi connectivity index (χ2v) is 8.09. The Kier molecular flexibility index (Phi) is 6.62. The third-order valence-electron chi connectivity index (χ3n) is 6.21. The van der Waals surface area contributed by atoms with Gasteiger partial charge in [0.15, 0.2) is 5.76 Å². The molecule has 2 atom stereocenters. The number of β-amino-alcohol motifs (C(OH)–C–C–N with tert-alkyl or cyclic N) is 1. The van der Waals surface area contributed by atoms with Crippen LogP contribution in [0.1, 0.15) is 22.5 Å². The Balaban J connectivity index is 1.23. The summed E-state index contributed by atoms with van der Waals surface area (Å²) >= 11 is 0. The molecule has 1 amide bonds. The van der Waals surface area contributed by atoms with Crippen LogP contribution in [0.2, 0.25) is 0 Å². The molecule has 2 aromatic rings. The molecule has 7 nitrogen and oxygen atoms in total. The number of benzene rings is 1. The van der Waals surface area contributed by atoms with Crippen molar-refractivity contribution in [2.45, 2.75) is 25.0 Å². The van der Waals surface area contributed by atoms with Crippen LogP contribution < -0.4 is 0 Å². The van der Waals surface area contributed by atoms with Gasteiger partial charge in [-0.15, -0.1) is 0 Å². The fraction of sp³-hybridized carbons (Fsp3) is 0.478. The SMILES string of the molecule is O=C(C(=O)N1CC[C@@H](N2CCN(CCc3ccccc3)CC2)[C@H](O)C1)c1ccco1. The molecule has 3 heterocycles. The van der Waals surface area contributed by atoms with Crippen LogP contribution >= 0.6 is 0 Å². The monoisotopic (exact) mass is 411 g/mol. The molecular formula is C23H29N3O4. The Morgan fingerprint density at radius 2 is 1.77 bits per heavy atom. The van der Waals surface area contributed by atoms with Crippen molar-refractivity contribution in [3.8, 4) is 0 Å². The van der Waals surface area contributed by atoms with Crippen molar-refractivity contribution in [3.63, 3.8) is 0 Å². The Labute approximate surface area is 176 Å². The quantitative estimate of drug-likeness (QED) is 0.570. The third kappa shape index (κ3) is 4.80. The lowest BCUT2D eigenvalue weighted by atomic mass is 9.98. The molecule has 0 bridgehead atoms. The minimum Gasteiger partial charge on any atom is -0.461 e. The van der Waals surface area contributed by atoms with Crippen molar-refractivity contribution in [1.29, 1.82) is 0 Å². The van der Waals surface area contributed by atoms with Crippen LogP contribution in [0.5, 0.6) is 0 Å². The van der Waals surface area contributed by atoms with Crippen LogP contribution in [0.25, 0.3) is 0 Å². The number of likely N-dealkylation sites (tertiary alicyclic amines) is 1. The topological polar surface area (TPSA) is 77.2 Å². The number of carbonyl (C=O) groups is 2. The second-order valence-electron chi connectivity index (χ2n) is 8.09. The molecule has 1 aromatic carbocycles. The van der Waals surface area contributed by atoms with Gasteiger partial charge in [0.2, 0.25) is 0 Å². The molecule has 2 aliphatic rings. The molecule has 2 fully saturated rings. The molecule has 0 spiro atoms. The summed E-state index contributed by atoms with van der Waals surface area (Å²) in [5.41, 5.74) is 1.36. The van der Waals surface area contributed by atoms with E-state index in [0.717, 1.165) is 39.1 Å². The maximum absolute atomic E-state index is 12.4. The highest BCUT2D eigenvalue weighted by atomic mass is 16.3. The van der Waals surface area contributed by atoms with E-state index in [-0.39, 0.29) is 18.3 Å². The largest absolute Gasteiger partial charge is 0.461 e. The maximum Gasteiger partial charge on any atom is 0.298 e. The van der Waals surface area contributed by atoms with Crippen molar-refractivity contribution < 1.29 is 19.1 Å². The minimum absolute atomic E-state index is 0.0315. The lowest BCUT2D eigenvalue weighted by Gasteiger charge is -2.44. The highest BCUT2D eigenvalue weighted by molar-refractivity contribution is 6.41. The zero-order valence-corrected chi connectivity index (χ0v) is 17.2. The number of hydrogen-bond donors (Lipinski definition) is 1. The van der Waals surface area contributed by atoms with Gasteiger partial charge in [0.25, 0.3) is 11.7 Å². The molecule has 0 radical (unpaired) electrons. The average molecular weight is 412 g/mol. The summed E-state index contributed by atoms with van der Waals surface area (Å²) in [6.07, 6.45) is 2.44. The van der Waals surface area contributed by atoms with Gasteiger partial charge in [-0.2, -0.15) is 0 Å². The first-order chi connectivity index (χ1) is 14.6. The number of nitrogens with zero attached hydrogens (tertiary/aromatic N) is 3. The molecule has 0 unspecified atom stereocenters. The number of ketones is 1. The Bertz CT molecular complexity index is 831. The van der Waals surface area contributed by atoms with E-state index in [2.05, 4.69) is 34.1 Å². The van der Waals surface area contributed by atoms with Crippen LogP contribution in [0.4, 0.5) is 0 Å². The molecule has 2 saturated heterocycles. The molecule has 7 heteroatoms. The van der Waals surface area contributed by atoms with E-state index in [1.54, 1.807) is 6.07 Å². The number of rotatable bonds is 6. The van der Waals surface area contributed by atoms with Crippen molar-refractivity contribution in [1.82, 2.24) is 14.7 Å². The predicted octanol–water partition coefficient (Wildman–Crippen LogP) is 1.28. The van der Waals surface area contributed by atoms with Crippen LogP contribution in [-0.2, 0) is 11.2 Å². The van der Waals surface area contributed by atoms with E-state index >= 15 is 0 Å². The first-order valence-electron chi connectivity index (χ1n) is 10.7. The number of aliphatic hydroxyl groups is 1. The summed E-state index contributed by atoms with van der Waals surface area (Å²) in [7, 11) is 0. The standard InChI is InChI=1S/C23H29N3O4/c27-20-17-26(23(29)22(28)21-7-4-16-30-21)11-9-19(20)25-14-12-24(13-15-25)10-8-18-5-2-1-3-6-18/h1-7,16,19-20,27H,8-15,17H2/t19-,20-/m1/s1. The molecule has 0 saturated carbocycles. The van der Waals surface area contributed by atoms with Gasteiger partial charge in [0, 0.05) is 51.9 Å². The second kappa shape index (κ2) is 9.55. The van der Waals surface area contributed by atoms with Gasteiger partial charge >= 0.3 is 0 Å². The Hall–Kier alpha value is -2.48. The summed E-state index contributed by atoms with van der Waals surface area (Å²) in [6.45, 7) is 5.49. The first-order valence-corrected chi connectivity index (χ1v) is 10.7. The van der Waals surface area contributed by atoms with E-state index in [1.165, 1.54) is 22.8 Å². The van der Waals surface area contributed by atoms with Crippen LogP contribution in [0.15, 0.2) is 53.1 Å². The smallest absolute Gasteiger partial charge is 0.298 e. The Morgan fingerprint density at radius 3 is 2.43 bits per heavy atom. The molecular weight excluding hydrogens is 382 g/mol. The summed E-state index contributed by atoms with van der Waals surface area (Å²) in [6, 6.07) is 13.6. The van der Waals surface area contributed by atoms with E-state index in [1.807, 2.05) is 6.07 Å². The zero-order chi connectivity index (χ0) is 20.9. The van der Waals surface area contributed by atoms with Gasteiger partial charge < -0.3 is 19.3 Å². The number of Topliss-reactive ketones (excluding diaryl/α,β-unsaturated/α-hetero) is 1. The van der Waals surface area contributed by atoms with E-state index in [0.29, 0.717) is 13.0 Å². The van der Waals surface area contributed by atoms with E-state index < -0.39 is 17.8 Å². The van der Waals surface area contributed by atoms with Gasteiger partial charge in [0.05, 0.1) is 12.4 Å². The van der Waals surface area contributed by atoms with E-state index in [9.17, 15) is 14.7 Å². The number of piperidine rings is 1. The third-order valence-corrected chi connectivity index (χ3v) is 6.21. The summed E-state index contributed by atoms with van der Waals surface area (Å²) in [5, 5.41) is 10.7. The molecule has 2 aliphatic heterocycles. The fourth-order valence-corrected chi connectivity index (χ4v) is 4.44. The summed E-state index contributed by atoms with van der Waals surface area (Å²) in [5.74, 6) is -1.21. The molecule has 1 N–H and O–H groups in total. The van der Waals surface area contributed by atoms with Crippen LogP contribution in [-0.4, -0.2) is 89.5 Å². The van der Waals surface area contributed by atoms with Gasteiger partial charge in [-0.3, -0.25) is 14.5 Å². The van der Waals surface area contributed by atoms with Crippen molar-refractivity contribution in [3.05, 3.63) is 60.1 Å². The highest BCUT2D eigenvalue weighted by Gasteiger charge is 2.37. The number of hydrogen-bond acceptors (Lipinski definition) is 6. The van der Waals surface area contributed by atoms with Gasteiger partial charge in [0.1, 0.15) is 0 Å². The number of carbonyl (C=O) groups excluding carboxylic acids is 2. The molecule has 4 rings (SSSR count). The van der Waals surface area contributed by atoms with E-state index in [4.69, 9.17) is 4.42 Å². The fourth-order valence-electron chi connectivity index (χ4n) is 4.44. The van der Waals surface area contributed by atoms with Crippen LogP contribution in [0.3, 0.4) is 0 Å². The number of aliphatic hydroxyl groups excluding tert-OH is 1. The average Bonchev–Trinajstić information content (AvgIpc) is 3.33. The highest BCUT2D eigenvalue weighted by Crippen LogP contribution is 2.20. The van der Waals surface area contributed by atoms with Crippen molar-refractivity contribution in [2.24, 2.45) is 0 Å². The lowest BCUT2D eigenvalue weighted by Crippen LogP contribution is -2.60. The van der Waals surface area contributed by atoms with Gasteiger partial charge in [-0.1, -0.05) is 30.3 Å². The van der Waals surface area contributed by atoms with Crippen molar-refractivity contribution in [2.75, 3.05) is 45.8 Å². The molecule has 0 aliphatic carbocycles. The number of piperazine rings is 1. The molecule has 160 valence electrons. The number of furan rings is 1. The first kappa shape index (κ1) is 20.8.